The van der Waals surface area contributed by atoms with Crippen molar-refractivity contribution in [2.24, 2.45) is 0 Å². The summed E-state index contributed by atoms with van der Waals surface area (Å²) >= 11 is 0. The SMILES string of the molecule is CN(C)S(=O)(=O)CCNCc1ccc(F)c(C#N)c1. The van der Waals surface area contributed by atoms with Crippen molar-refractivity contribution in [2.75, 3.05) is 26.4 Å². The van der Waals surface area contributed by atoms with E-state index in [2.05, 4.69) is 5.32 Å². The molecule has 0 heterocycles. The predicted octanol–water partition coefficient (Wildman–Crippen LogP) is 0.678. The van der Waals surface area contributed by atoms with Crippen molar-refractivity contribution < 1.29 is 12.8 Å². The first-order valence-electron chi connectivity index (χ1n) is 5.66. The van der Waals surface area contributed by atoms with Crippen LogP contribution in [0.1, 0.15) is 11.1 Å². The standard InChI is InChI=1S/C12H16FN3O2S/c1-16(2)19(17,18)6-5-15-9-10-3-4-12(13)11(7-10)8-14/h3-4,7,15H,5-6,9H2,1-2H3. The van der Waals surface area contributed by atoms with Gasteiger partial charge in [-0.3, -0.25) is 0 Å². The van der Waals surface area contributed by atoms with Crippen LogP contribution in [-0.2, 0) is 16.6 Å². The first-order valence-corrected chi connectivity index (χ1v) is 7.27. The number of rotatable bonds is 6. The molecule has 104 valence electrons. The molecule has 0 radical (unpaired) electrons. The van der Waals surface area contributed by atoms with Gasteiger partial charge in [-0.1, -0.05) is 6.07 Å². The molecular weight excluding hydrogens is 269 g/mol. The molecule has 1 rings (SSSR count). The van der Waals surface area contributed by atoms with Gasteiger partial charge >= 0.3 is 0 Å². The topological polar surface area (TPSA) is 73.2 Å². The molecule has 19 heavy (non-hydrogen) atoms. The molecule has 0 spiro atoms. The molecule has 0 unspecified atom stereocenters. The van der Waals surface area contributed by atoms with E-state index in [1.807, 2.05) is 0 Å². The van der Waals surface area contributed by atoms with E-state index in [0.29, 0.717) is 13.1 Å². The van der Waals surface area contributed by atoms with Crippen LogP contribution in [-0.4, -0.2) is 39.1 Å². The molecule has 0 amide bonds. The summed E-state index contributed by atoms with van der Waals surface area (Å²) in [5.41, 5.74) is 0.723. The normalized spacial score (nSPS) is 11.5. The summed E-state index contributed by atoms with van der Waals surface area (Å²) in [5, 5.41) is 11.6. The van der Waals surface area contributed by atoms with Crippen molar-refractivity contribution in [3.05, 3.63) is 35.1 Å². The average molecular weight is 285 g/mol. The minimum atomic E-state index is -3.21. The Morgan fingerprint density at radius 2 is 2.11 bits per heavy atom. The Hall–Kier alpha value is -1.49. The highest BCUT2D eigenvalue weighted by Gasteiger charge is 2.12. The lowest BCUT2D eigenvalue weighted by molar-refractivity contribution is 0.517. The molecule has 1 N–H and O–H groups in total. The molecule has 1 aromatic carbocycles. The zero-order valence-electron chi connectivity index (χ0n) is 10.9. The second kappa shape index (κ2) is 6.61. The van der Waals surface area contributed by atoms with Gasteiger partial charge in [0.05, 0.1) is 11.3 Å². The number of sulfonamides is 1. The summed E-state index contributed by atoms with van der Waals surface area (Å²) in [4.78, 5) is 0. The molecule has 7 heteroatoms. The number of nitrogens with one attached hydrogen (secondary N) is 1. The quantitative estimate of drug-likeness (QED) is 0.780. The highest BCUT2D eigenvalue weighted by atomic mass is 32.2. The summed E-state index contributed by atoms with van der Waals surface area (Å²) in [5.74, 6) is -0.562. The van der Waals surface area contributed by atoms with Crippen LogP contribution in [0.4, 0.5) is 4.39 Å². The Kier molecular flexibility index (Phi) is 5.42. The fourth-order valence-electron chi connectivity index (χ4n) is 1.38. The van der Waals surface area contributed by atoms with E-state index < -0.39 is 15.8 Å². The Bertz CT molecular complexity index is 579. The van der Waals surface area contributed by atoms with Crippen LogP contribution in [0, 0.1) is 17.1 Å². The summed E-state index contributed by atoms with van der Waals surface area (Å²) in [6, 6.07) is 5.99. The second-order valence-corrected chi connectivity index (χ2v) is 6.50. The average Bonchev–Trinajstić information content (AvgIpc) is 2.36. The van der Waals surface area contributed by atoms with Gasteiger partial charge in [-0.2, -0.15) is 5.26 Å². The van der Waals surface area contributed by atoms with Gasteiger partial charge in [-0.15, -0.1) is 0 Å². The number of hydrogen-bond donors (Lipinski definition) is 1. The van der Waals surface area contributed by atoms with E-state index in [1.54, 1.807) is 12.1 Å². The predicted molar refractivity (Wildman–Crippen MR) is 70.3 cm³/mol. The lowest BCUT2D eigenvalue weighted by atomic mass is 10.1. The highest BCUT2D eigenvalue weighted by Crippen LogP contribution is 2.09. The zero-order chi connectivity index (χ0) is 14.5. The van der Waals surface area contributed by atoms with Gasteiger partial charge in [0.1, 0.15) is 11.9 Å². The summed E-state index contributed by atoms with van der Waals surface area (Å²) < 4.78 is 37.2. The number of benzene rings is 1. The van der Waals surface area contributed by atoms with Crippen LogP contribution in [0.3, 0.4) is 0 Å². The van der Waals surface area contributed by atoms with Crippen molar-refractivity contribution >= 4 is 10.0 Å². The van der Waals surface area contributed by atoms with Crippen molar-refractivity contribution in [1.82, 2.24) is 9.62 Å². The summed E-state index contributed by atoms with van der Waals surface area (Å²) in [7, 11) is -0.252. The Balaban J connectivity index is 2.49. The minimum absolute atomic E-state index is 0.00764. The smallest absolute Gasteiger partial charge is 0.214 e. The maximum atomic E-state index is 13.1. The molecule has 0 aliphatic rings. The maximum Gasteiger partial charge on any atom is 0.214 e. The molecule has 0 aliphatic carbocycles. The lowest BCUT2D eigenvalue weighted by Crippen LogP contribution is -2.31. The molecule has 5 nitrogen and oxygen atoms in total. The van der Waals surface area contributed by atoms with Crippen LogP contribution < -0.4 is 5.32 Å². The first kappa shape index (κ1) is 15.6. The Morgan fingerprint density at radius 3 is 2.68 bits per heavy atom. The first-order chi connectivity index (χ1) is 8.86. The van der Waals surface area contributed by atoms with E-state index in [9.17, 15) is 12.8 Å². The van der Waals surface area contributed by atoms with Crippen molar-refractivity contribution in [3.8, 4) is 6.07 Å². The number of hydrogen-bond acceptors (Lipinski definition) is 4. The van der Waals surface area contributed by atoms with Crippen LogP contribution in [0.2, 0.25) is 0 Å². The van der Waals surface area contributed by atoms with Crippen molar-refractivity contribution in [1.29, 1.82) is 5.26 Å². The van der Waals surface area contributed by atoms with Gasteiger partial charge in [-0.25, -0.2) is 17.1 Å². The van der Waals surface area contributed by atoms with E-state index in [1.165, 1.54) is 30.5 Å². The number of nitriles is 1. The minimum Gasteiger partial charge on any atom is -0.312 e. The zero-order valence-corrected chi connectivity index (χ0v) is 11.7. The Morgan fingerprint density at radius 1 is 1.42 bits per heavy atom. The van der Waals surface area contributed by atoms with Gasteiger partial charge < -0.3 is 5.32 Å². The van der Waals surface area contributed by atoms with Gasteiger partial charge in [0.2, 0.25) is 10.0 Å². The van der Waals surface area contributed by atoms with Crippen LogP contribution in [0.15, 0.2) is 18.2 Å². The highest BCUT2D eigenvalue weighted by molar-refractivity contribution is 7.89. The molecule has 0 aliphatic heterocycles. The third-order valence-corrected chi connectivity index (χ3v) is 4.41. The summed E-state index contributed by atoms with van der Waals surface area (Å²) in [6.07, 6.45) is 0. The molecule has 0 aromatic heterocycles. The number of nitrogens with zero attached hydrogens (tertiary/aromatic N) is 2. The number of halogens is 1. The van der Waals surface area contributed by atoms with Gasteiger partial charge in [0.25, 0.3) is 0 Å². The van der Waals surface area contributed by atoms with Gasteiger partial charge in [0, 0.05) is 27.2 Å². The monoisotopic (exact) mass is 285 g/mol. The van der Waals surface area contributed by atoms with Gasteiger partial charge in [-0.05, 0) is 17.7 Å². The fraction of sp³-hybridized carbons (Fsp3) is 0.417. The van der Waals surface area contributed by atoms with E-state index in [-0.39, 0.29) is 11.3 Å². The van der Waals surface area contributed by atoms with Crippen molar-refractivity contribution in [2.45, 2.75) is 6.54 Å². The van der Waals surface area contributed by atoms with Crippen LogP contribution >= 0.6 is 0 Å². The van der Waals surface area contributed by atoms with E-state index >= 15 is 0 Å². The second-order valence-electron chi connectivity index (χ2n) is 4.20. The molecule has 0 saturated heterocycles. The van der Waals surface area contributed by atoms with Crippen LogP contribution in [0.25, 0.3) is 0 Å². The molecule has 0 atom stereocenters. The Labute approximate surface area is 112 Å². The molecular formula is C12H16FN3O2S. The maximum absolute atomic E-state index is 13.1. The third-order valence-electron chi connectivity index (χ3n) is 2.57. The third kappa shape index (κ3) is 4.59. The molecule has 0 fully saturated rings. The summed E-state index contributed by atoms with van der Waals surface area (Å²) in [6.45, 7) is 0.678. The molecule has 0 saturated carbocycles. The van der Waals surface area contributed by atoms with Gasteiger partial charge in [0.15, 0.2) is 0 Å². The van der Waals surface area contributed by atoms with Crippen LogP contribution in [0.5, 0.6) is 0 Å². The van der Waals surface area contributed by atoms with Crippen molar-refractivity contribution in [3.63, 3.8) is 0 Å². The lowest BCUT2D eigenvalue weighted by Gasteiger charge is -2.11. The largest absolute Gasteiger partial charge is 0.312 e. The van der Waals surface area contributed by atoms with E-state index in [0.717, 1.165) is 5.56 Å². The fourth-order valence-corrected chi connectivity index (χ4v) is 2.15. The van der Waals surface area contributed by atoms with E-state index in [4.69, 9.17) is 5.26 Å². The molecule has 0 bridgehead atoms. The molecule has 1 aromatic rings.